The van der Waals surface area contributed by atoms with Crippen LogP contribution in [0.15, 0.2) is 18.5 Å². The van der Waals surface area contributed by atoms with Crippen molar-refractivity contribution >= 4 is 17.8 Å². The Bertz CT molecular complexity index is 770. The molecule has 154 valence electrons. The van der Waals surface area contributed by atoms with Crippen LogP contribution in [0.2, 0.25) is 0 Å². The largest absolute Gasteiger partial charge is 0.444 e. The van der Waals surface area contributed by atoms with E-state index in [9.17, 15) is 19.9 Å². The van der Waals surface area contributed by atoms with E-state index >= 15 is 0 Å². The van der Waals surface area contributed by atoms with Crippen LogP contribution in [0.25, 0.3) is 5.70 Å². The van der Waals surface area contributed by atoms with Gasteiger partial charge in [-0.2, -0.15) is 10.2 Å². The highest BCUT2D eigenvalue weighted by atomic mass is 16.6. The third-order valence-electron chi connectivity index (χ3n) is 4.27. The van der Waals surface area contributed by atoms with E-state index in [2.05, 4.69) is 15.7 Å². The number of ether oxygens (including phenoxy) is 1. The summed E-state index contributed by atoms with van der Waals surface area (Å²) < 4.78 is 6.70. The second-order valence-corrected chi connectivity index (χ2v) is 7.74. The van der Waals surface area contributed by atoms with E-state index in [1.807, 2.05) is 0 Å². The van der Waals surface area contributed by atoms with Crippen molar-refractivity contribution in [3.63, 3.8) is 0 Å². The standard InChI is InChI=1S/C17H26N6O5/c1-17(2,3)28-15(25)19-5-4-18-14(24)11-7-20-22(8-11)12-6-13-10-21(9-12)16(26)23(13)27/h6-8,13-14,18,24,27H,4-5,9-10H2,1-3H3,(H,19,25). The van der Waals surface area contributed by atoms with E-state index in [0.717, 1.165) is 5.70 Å². The molecule has 1 aromatic heterocycles. The maximum absolute atomic E-state index is 11.8. The van der Waals surface area contributed by atoms with Gasteiger partial charge in [-0.1, -0.05) is 0 Å². The van der Waals surface area contributed by atoms with Crippen LogP contribution in [0.5, 0.6) is 0 Å². The van der Waals surface area contributed by atoms with E-state index in [1.54, 1.807) is 37.7 Å². The van der Waals surface area contributed by atoms with Crippen molar-refractivity contribution in [2.75, 3.05) is 26.2 Å². The molecule has 0 radical (unpaired) electrons. The van der Waals surface area contributed by atoms with Crippen LogP contribution >= 0.6 is 0 Å². The zero-order valence-corrected chi connectivity index (χ0v) is 16.1. The van der Waals surface area contributed by atoms with Crippen molar-refractivity contribution in [2.24, 2.45) is 0 Å². The maximum Gasteiger partial charge on any atom is 0.407 e. The van der Waals surface area contributed by atoms with Crippen LogP contribution in [-0.2, 0) is 4.74 Å². The molecule has 4 N–H and O–H groups in total. The molecule has 1 aromatic rings. The molecule has 3 rings (SSSR count). The van der Waals surface area contributed by atoms with Crippen LogP contribution in [0.4, 0.5) is 9.59 Å². The molecule has 2 atom stereocenters. The Morgan fingerprint density at radius 2 is 2.18 bits per heavy atom. The Morgan fingerprint density at radius 3 is 2.86 bits per heavy atom. The topological polar surface area (TPSA) is 132 Å². The molecule has 0 aliphatic carbocycles. The molecule has 0 spiro atoms. The monoisotopic (exact) mass is 394 g/mol. The molecule has 0 saturated carbocycles. The fraction of sp³-hybridized carbons (Fsp3) is 0.588. The highest BCUT2D eigenvalue weighted by Crippen LogP contribution is 2.25. The SMILES string of the molecule is CC(C)(C)OC(=O)NCCNC(O)c1cnn(C2=CC3CN(C2)C(=O)N3O)c1. The number of carbonyl (C=O) groups excluding carboxylic acids is 2. The van der Waals surface area contributed by atoms with Crippen molar-refractivity contribution in [1.29, 1.82) is 0 Å². The molecule has 2 unspecified atom stereocenters. The number of hydroxylamine groups is 2. The fourth-order valence-corrected chi connectivity index (χ4v) is 2.98. The fourth-order valence-electron chi connectivity index (χ4n) is 2.98. The van der Waals surface area contributed by atoms with E-state index in [1.165, 1.54) is 11.1 Å². The highest BCUT2D eigenvalue weighted by Gasteiger charge is 2.39. The summed E-state index contributed by atoms with van der Waals surface area (Å²) >= 11 is 0. The Kier molecular flexibility index (Phi) is 5.59. The molecule has 3 heterocycles. The van der Waals surface area contributed by atoms with Gasteiger partial charge in [-0.25, -0.2) is 14.3 Å². The molecular weight excluding hydrogens is 368 g/mol. The first-order chi connectivity index (χ1) is 13.1. The number of aromatic nitrogens is 2. The molecular formula is C17H26N6O5. The number of nitrogens with zero attached hydrogens (tertiary/aromatic N) is 4. The normalized spacial score (nSPS) is 20.2. The van der Waals surface area contributed by atoms with Crippen LogP contribution < -0.4 is 10.6 Å². The quantitative estimate of drug-likeness (QED) is 0.311. The van der Waals surface area contributed by atoms with Crippen LogP contribution in [-0.4, -0.2) is 80.0 Å². The van der Waals surface area contributed by atoms with E-state index in [4.69, 9.17) is 4.74 Å². The van der Waals surface area contributed by atoms with Gasteiger partial charge in [-0.15, -0.1) is 0 Å². The van der Waals surface area contributed by atoms with Gasteiger partial charge in [0.05, 0.1) is 24.5 Å². The van der Waals surface area contributed by atoms with Crippen LogP contribution in [0.1, 0.15) is 32.6 Å². The van der Waals surface area contributed by atoms with E-state index in [0.29, 0.717) is 30.3 Å². The summed E-state index contributed by atoms with van der Waals surface area (Å²) in [6.07, 6.45) is 3.47. The maximum atomic E-state index is 11.8. The minimum absolute atomic E-state index is 0.288. The number of nitrogens with one attached hydrogen (secondary N) is 2. The average molecular weight is 394 g/mol. The number of amides is 3. The number of fused-ring (bicyclic) bond motifs is 2. The van der Waals surface area contributed by atoms with Crippen molar-refractivity contribution in [2.45, 2.75) is 38.6 Å². The van der Waals surface area contributed by atoms with Gasteiger partial charge in [0.2, 0.25) is 0 Å². The summed E-state index contributed by atoms with van der Waals surface area (Å²) in [5.74, 6) is 0. The van der Waals surface area contributed by atoms with Gasteiger partial charge < -0.3 is 20.1 Å². The Hall–Kier alpha value is -2.63. The van der Waals surface area contributed by atoms with E-state index < -0.39 is 30.0 Å². The molecule has 0 aromatic carbocycles. The number of hydrogen-bond donors (Lipinski definition) is 4. The van der Waals surface area contributed by atoms with Crippen molar-refractivity contribution in [3.05, 3.63) is 24.0 Å². The third kappa shape index (κ3) is 4.61. The number of urea groups is 1. The van der Waals surface area contributed by atoms with Gasteiger partial charge in [-0.3, -0.25) is 10.5 Å². The van der Waals surface area contributed by atoms with Gasteiger partial charge >= 0.3 is 12.1 Å². The number of aliphatic hydroxyl groups excluding tert-OH is 1. The summed E-state index contributed by atoms with van der Waals surface area (Å²) in [6, 6.07) is -0.825. The van der Waals surface area contributed by atoms with Gasteiger partial charge in [0, 0.05) is 31.4 Å². The smallest absolute Gasteiger partial charge is 0.407 e. The molecule has 3 amide bonds. The van der Waals surface area contributed by atoms with Crippen molar-refractivity contribution in [1.82, 2.24) is 30.4 Å². The first-order valence-electron chi connectivity index (χ1n) is 9.05. The van der Waals surface area contributed by atoms with Gasteiger partial charge in [0.1, 0.15) is 11.8 Å². The lowest BCUT2D eigenvalue weighted by molar-refractivity contribution is -0.0450. The Labute approximate surface area is 162 Å². The molecule has 2 aliphatic rings. The predicted molar refractivity (Wildman–Crippen MR) is 98.1 cm³/mol. The lowest BCUT2D eigenvalue weighted by Gasteiger charge is -2.20. The predicted octanol–water partition coefficient (Wildman–Crippen LogP) is 0.338. The number of rotatable bonds is 6. The van der Waals surface area contributed by atoms with Gasteiger partial charge in [0.15, 0.2) is 0 Å². The van der Waals surface area contributed by atoms with Gasteiger partial charge in [-0.05, 0) is 26.8 Å². The number of hydrogen-bond acceptors (Lipinski definition) is 7. The summed E-state index contributed by atoms with van der Waals surface area (Å²) in [4.78, 5) is 24.9. The number of carbonyl (C=O) groups is 2. The highest BCUT2D eigenvalue weighted by molar-refractivity contribution is 5.79. The minimum Gasteiger partial charge on any atom is -0.444 e. The lowest BCUT2D eigenvalue weighted by atomic mass is 10.2. The molecule has 1 fully saturated rings. The summed E-state index contributed by atoms with van der Waals surface area (Å²) in [5, 5.41) is 30.4. The second-order valence-electron chi connectivity index (χ2n) is 7.74. The molecule has 1 saturated heterocycles. The summed E-state index contributed by atoms with van der Waals surface area (Å²) in [5.41, 5.74) is 0.720. The van der Waals surface area contributed by atoms with Crippen molar-refractivity contribution < 1.29 is 24.6 Å². The Balaban J connectivity index is 1.48. The number of alkyl carbamates (subject to hydrolysis) is 1. The van der Waals surface area contributed by atoms with Crippen molar-refractivity contribution in [3.8, 4) is 0 Å². The average Bonchev–Trinajstić information content (AvgIpc) is 3.18. The molecule has 2 bridgehead atoms. The first kappa shape index (κ1) is 20.1. The van der Waals surface area contributed by atoms with Crippen LogP contribution in [0.3, 0.4) is 0 Å². The zero-order valence-electron chi connectivity index (χ0n) is 16.1. The Morgan fingerprint density at radius 1 is 1.43 bits per heavy atom. The minimum atomic E-state index is -0.966. The molecule has 2 aliphatic heterocycles. The van der Waals surface area contributed by atoms with Gasteiger partial charge in [0.25, 0.3) is 0 Å². The summed E-state index contributed by atoms with van der Waals surface area (Å²) in [6.45, 7) is 6.74. The summed E-state index contributed by atoms with van der Waals surface area (Å²) in [7, 11) is 0. The van der Waals surface area contributed by atoms with E-state index in [-0.39, 0.29) is 6.54 Å². The third-order valence-corrected chi connectivity index (χ3v) is 4.27. The second kappa shape index (κ2) is 7.78. The lowest BCUT2D eigenvalue weighted by Crippen LogP contribution is -2.37. The molecule has 11 nitrogen and oxygen atoms in total. The number of aliphatic hydroxyl groups is 1. The first-order valence-corrected chi connectivity index (χ1v) is 9.05. The van der Waals surface area contributed by atoms with Crippen LogP contribution in [0, 0.1) is 0 Å². The molecule has 28 heavy (non-hydrogen) atoms. The zero-order chi connectivity index (χ0) is 20.5. The molecule has 11 heteroatoms.